The molecule has 106 valence electrons. The van der Waals surface area contributed by atoms with E-state index in [1.807, 2.05) is 0 Å². The minimum absolute atomic E-state index is 0.0109. The van der Waals surface area contributed by atoms with Gasteiger partial charge < -0.3 is 10.8 Å². The van der Waals surface area contributed by atoms with Gasteiger partial charge in [0.1, 0.15) is 0 Å². The smallest absolute Gasteiger partial charge is 0.240 e. The fourth-order valence-corrected chi connectivity index (χ4v) is 3.73. The van der Waals surface area contributed by atoms with Crippen LogP contribution in [0.4, 0.5) is 5.69 Å². The van der Waals surface area contributed by atoms with E-state index in [1.165, 1.54) is 6.07 Å². The van der Waals surface area contributed by atoms with Crippen molar-refractivity contribution in [1.29, 1.82) is 0 Å². The Labute approximate surface area is 121 Å². The highest BCUT2D eigenvalue weighted by Crippen LogP contribution is 2.44. The Morgan fingerprint density at radius 2 is 2.11 bits per heavy atom. The van der Waals surface area contributed by atoms with Gasteiger partial charge in [-0.3, -0.25) is 0 Å². The average Bonchev–Trinajstić information content (AvgIpc) is 3.12. The first-order valence-electron chi connectivity index (χ1n) is 5.96. The molecular weight excluding hydrogens is 332 g/mol. The normalized spacial score (nSPS) is 17.4. The second-order valence-electron chi connectivity index (χ2n) is 5.12. The van der Waals surface area contributed by atoms with Crippen LogP contribution in [0.3, 0.4) is 0 Å². The topological polar surface area (TPSA) is 92.4 Å². The predicted octanol–water partition coefficient (Wildman–Crippen LogP) is 1.39. The van der Waals surface area contributed by atoms with Crippen LogP contribution < -0.4 is 10.5 Å². The fourth-order valence-electron chi connectivity index (χ4n) is 1.85. The van der Waals surface area contributed by atoms with Crippen LogP contribution in [0, 0.1) is 12.3 Å². The molecule has 0 radical (unpaired) electrons. The molecule has 0 bridgehead atoms. The number of halogens is 1. The first-order chi connectivity index (χ1) is 8.80. The largest absolute Gasteiger partial charge is 0.398 e. The third kappa shape index (κ3) is 3.10. The quantitative estimate of drug-likeness (QED) is 0.701. The molecule has 0 atom stereocenters. The van der Waals surface area contributed by atoms with Crippen molar-refractivity contribution in [3.8, 4) is 0 Å². The van der Waals surface area contributed by atoms with Gasteiger partial charge in [-0.05, 0) is 53.4 Å². The third-order valence-corrected chi connectivity index (χ3v) is 5.74. The number of anilines is 1. The molecule has 0 unspecified atom stereocenters. The molecule has 7 heteroatoms. The number of aliphatic hydroxyl groups is 1. The number of nitrogen functional groups attached to an aromatic ring is 1. The summed E-state index contributed by atoms with van der Waals surface area (Å²) in [5.74, 6) is 0. The summed E-state index contributed by atoms with van der Waals surface area (Å²) >= 11 is 3.27. The van der Waals surface area contributed by atoms with Crippen LogP contribution in [0.15, 0.2) is 21.5 Å². The SMILES string of the molecule is Cc1cc(Br)c(N)cc1S(=O)(=O)NCC1(CO)CC1. The van der Waals surface area contributed by atoms with E-state index in [9.17, 15) is 13.5 Å². The monoisotopic (exact) mass is 348 g/mol. The van der Waals surface area contributed by atoms with Gasteiger partial charge in [-0.15, -0.1) is 0 Å². The van der Waals surface area contributed by atoms with Crippen molar-refractivity contribution in [2.75, 3.05) is 18.9 Å². The van der Waals surface area contributed by atoms with Crippen LogP contribution in [0.5, 0.6) is 0 Å². The molecule has 5 nitrogen and oxygen atoms in total. The number of nitrogens with two attached hydrogens (primary N) is 1. The Morgan fingerprint density at radius 1 is 1.47 bits per heavy atom. The van der Waals surface area contributed by atoms with E-state index in [0.717, 1.165) is 12.8 Å². The molecule has 1 aromatic rings. The van der Waals surface area contributed by atoms with E-state index >= 15 is 0 Å². The van der Waals surface area contributed by atoms with E-state index in [2.05, 4.69) is 20.7 Å². The third-order valence-electron chi connectivity index (χ3n) is 3.51. The van der Waals surface area contributed by atoms with E-state index in [0.29, 0.717) is 15.7 Å². The maximum atomic E-state index is 12.2. The van der Waals surface area contributed by atoms with Crippen LogP contribution in [-0.4, -0.2) is 26.7 Å². The summed E-state index contributed by atoms with van der Waals surface area (Å²) in [6, 6.07) is 3.13. The molecule has 1 saturated carbocycles. The summed E-state index contributed by atoms with van der Waals surface area (Å²) in [6.07, 6.45) is 1.71. The lowest BCUT2D eigenvalue weighted by atomic mass is 10.1. The van der Waals surface area contributed by atoms with Crippen molar-refractivity contribution in [2.45, 2.75) is 24.7 Å². The van der Waals surface area contributed by atoms with Crippen LogP contribution in [0.25, 0.3) is 0 Å². The molecule has 0 aliphatic heterocycles. The van der Waals surface area contributed by atoms with E-state index in [-0.39, 0.29) is 23.5 Å². The second-order valence-corrected chi connectivity index (χ2v) is 7.71. The van der Waals surface area contributed by atoms with Gasteiger partial charge in [-0.1, -0.05) is 0 Å². The molecule has 1 aliphatic carbocycles. The van der Waals surface area contributed by atoms with Gasteiger partial charge in [0.25, 0.3) is 0 Å². The predicted molar refractivity (Wildman–Crippen MR) is 77.2 cm³/mol. The van der Waals surface area contributed by atoms with Gasteiger partial charge in [-0.25, -0.2) is 13.1 Å². The van der Waals surface area contributed by atoms with Gasteiger partial charge in [0, 0.05) is 28.7 Å². The van der Waals surface area contributed by atoms with Gasteiger partial charge in [0.2, 0.25) is 10.0 Å². The number of aliphatic hydroxyl groups excluding tert-OH is 1. The van der Waals surface area contributed by atoms with Crippen molar-refractivity contribution in [2.24, 2.45) is 5.41 Å². The molecule has 0 amide bonds. The first-order valence-corrected chi connectivity index (χ1v) is 8.23. The molecule has 4 N–H and O–H groups in total. The lowest BCUT2D eigenvalue weighted by Crippen LogP contribution is -2.32. The Hall–Kier alpha value is -0.630. The van der Waals surface area contributed by atoms with Crippen LogP contribution in [-0.2, 0) is 10.0 Å². The molecular formula is C12H17BrN2O3S. The van der Waals surface area contributed by atoms with Gasteiger partial charge >= 0.3 is 0 Å². The lowest BCUT2D eigenvalue weighted by Gasteiger charge is -2.15. The summed E-state index contributed by atoms with van der Waals surface area (Å²) in [5.41, 5.74) is 6.48. The zero-order valence-electron chi connectivity index (χ0n) is 10.6. The molecule has 1 aliphatic rings. The second kappa shape index (κ2) is 5.05. The van der Waals surface area contributed by atoms with Gasteiger partial charge in [-0.2, -0.15) is 0 Å². The van der Waals surface area contributed by atoms with E-state index < -0.39 is 10.0 Å². The van der Waals surface area contributed by atoms with E-state index in [4.69, 9.17) is 5.73 Å². The van der Waals surface area contributed by atoms with Crippen LogP contribution >= 0.6 is 15.9 Å². The fraction of sp³-hybridized carbons (Fsp3) is 0.500. The Kier molecular flexibility index (Phi) is 3.92. The van der Waals surface area contributed by atoms with Crippen molar-refractivity contribution in [1.82, 2.24) is 4.72 Å². The maximum absolute atomic E-state index is 12.2. The zero-order valence-corrected chi connectivity index (χ0v) is 13.0. The summed E-state index contributed by atoms with van der Waals surface area (Å²) in [7, 11) is -3.60. The lowest BCUT2D eigenvalue weighted by molar-refractivity contribution is 0.213. The number of sulfonamides is 1. The highest BCUT2D eigenvalue weighted by Gasteiger charge is 2.42. The molecule has 1 fully saturated rings. The highest BCUT2D eigenvalue weighted by atomic mass is 79.9. The first kappa shape index (κ1) is 14.8. The van der Waals surface area contributed by atoms with E-state index in [1.54, 1.807) is 13.0 Å². The van der Waals surface area contributed by atoms with Crippen molar-refractivity contribution in [3.63, 3.8) is 0 Å². The van der Waals surface area contributed by atoms with Crippen molar-refractivity contribution < 1.29 is 13.5 Å². The molecule has 19 heavy (non-hydrogen) atoms. The Bertz CT molecular complexity index is 597. The summed E-state index contributed by atoms with van der Waals surface area (Å²) in [5, 5.41) is 9.20. The molecule has 0 spiro atoms. The molecule has 0 heterocycles. The van der Waals surface area contributed by atoms with Crippen LogP contribution in [0.2, 0.25) is 0 Å². The Morgan fingerprint density at radius 3 is 2.63 bits per heavy atom. The molecule has 0 saturated heterocycles. The highest BCUT2D eigenvalue weighted by molar-refractivity contribution is 9.10. The van der Waals surface area contributed by atoms with Crippen molar-refractivity contribution in [3.05, 3.63) is 22.2 Å². The number of rotatable bonds is 5. The zero-order chi connectivity index (χ0) is 14.3. The number of nitrogens with one attached hydrogen (secondary N) is 1. The summed E-state index contributed by atoms with van der Waals surface area (Å²) in [6.45, 7) is 2.00. The molecule has 2 rings (SSSR count). The van der Waals surface area contributed by atoms with Gasteiger partial charge in [0.05, 0.1) is 4.90 Å². The average molecular weight is 349 g/mol. The number of hydrogen-bond donors (Lipinski definition) is 3. The van der Waals surface area contributed by atoms with Gasteiger partial charge in [0.15, 0.2) is 0 Å². The maximum Gasteiger partial charge on any atom is 0.240 e. The number of hydrogen-bond acceptors (Lipinski definition) is 4. The minimum Gasteiger partial charge on any atom is -0.398 e. The summed E-state index contributed by atoms with van der Waals surface area (Å²) < 4.78 is 27.7. The summed E-state index contributed by atoms with van der Waals surface area (Å²) in [4.78, 5) is 0.182. The number of benzene rings is 1. The Balaban J connectivity index is 2.22. The number of aryl methyl sites for hydroxylation is 1. The standard InChI is InChI=1S/C12H17BrN2O3S/c1-8-4-9(13)10(14)5-11(8)19(17,18)15-6-12(7-16)2-3-12/h4-5,15-16H,2-3,6-7,14H2,1H3. The van der Waals surface area contributed by atoms with Crippen LogP contribution in [0.1, 0.15) is 18.4 Å². The van der Waals surface area contributed by atoms with Crippen molar-refractivity contribution >= 4 is 31.6 Å². The minimum atomic E-state index is -3.60. The molecule has 1 aromatic carbocycles. The molecule has 0 aromatic heterocycles.